The summed E-state index contributed by atoms with van der Waals surface area (Å²) >= 11 is 0. The molecule has 0 saturated carbocycles. The summed E-state index contributed by atoms with van der Waals surface area (Å²) < 4.78 is 9.83. The highest BCUT2D eigenvalue weighted by Crippen LogP contribution is 2.34. The maximum Gasteiger partial charge on any atom is 0.339 e. The number of aromatic hydroxyl groups is 1. The van der Waals surface area contributed by atoms with Gasteiger partial charge in [-0.25, -0.2) is 4.79 Å². The zero-order valence-electron chi connectivity index (χ0n) is 10.2. The van der Waals surface area contributed by atoms with Crippen molar-refractivity contribution in [3.8, 4) is 5.75 Å². The van der Waals surface area contributed by atoms with Crippen LogP contribution in [0.2, 0.25) is 0 Å². The molecule has 2 rings (SSSR count). The molecule has 0 heterocycles. The van der Waals surface area contributed by atoms with E-state index in [2.05, 4.69) is 4.74 Å². The molecule has 0 radical (unpaired) electrons. The number of esters is 1. The summed E-state index contributed by atoms with van der Waals surface area (Å²) in [5, 5.41) is 11.7. The second-order valence-electron chi connectivity index (χ2n) is 3.86. The topological polar surface area (TPSA) is 55.8 Å². The van der Waals surface area contributed by atoms with Crippen LogP contribution < -0.4 is 0 Å². The van der Waals surface area contributed by atoms with Gasteiger partial charge < -0.3 is 14.6 Å². The molecule has 0 unspecified atom stereocenters. The molecule has 0 spiro atoms. The molecule has 1 atom stereocenters. The third-order valence-corrected chi connectivity index (χ3v) is 2.86. The fraction of sp³-hybridized carbons (Fsp3) is 0.214. The molecular weight excluding hydrogens is 232 g/mol. The minimum absolute atomic E-state index is 0.0194. The van der Waals surface area contributed by atoms with E-state index < -0.39 is 12.1 Å². The molecule has 0 aliphatic carbocycles. The van der Waals surface area contributed by atoms with Crippen molar-refractivity contribution in [2.24, 2.45) is 0 Å². The Morgan fingerprint density at radius 3 is 2.56 bits per heavy atom. The van der Waals surface area contributed by atoms with Crippen molar-refractivity contribution in [1.29, 1.82) is 0 Å². The molecule has 0 aromatic heterocycles. The molecule has 2 aromatic rings. The van der Waals surface area contributed by atoms with Crippen LogP contribution in [0.5, 0.6) is 5.75 Å². The Kier molecular flexibility index (Phi) is 3.48. The van der Waals surface area contributed by atoms with Crippen molar-refractivity contribution < 1.29 is 19.4 Å². The number of benzene rings is 2. The quantitative estimate of drug-likeness (QED) is 0.845. The van der Waals surface area contributed by atoms with Gasteiger partial charge in [0.05, 0.1) is 7.11 Å². The highest BCUT2D eigenvalue weighted by Gasteiger charge is 2.25. The highest BCUT2D eigenvalue weighted by atomic mass is 16.6. The predicted molar refractivity (Wildman–Crippen MR) is 67.4 cm³/mol. The second-order valence-corrected chi connectivity index (χ2v) is 3.86. The predicted octanol–water partition coefficient (Wildman–Crippen LogP) is 2.41. The van der Waals surface area contributed by atoms with Crippen LogP contribution in [-0.4, -0.2) is 25.3 Å². The lowest BCUT2D eigenvalue weighted by Gasteiger charge is -2.16. The van der Waals surface area contributed by atoms with Gasteiger partial charge in [-0.15, -0.1) is 0 Å². The third-order valence-electron chi connectivity index (χ3n) is 2.86. The van der Waals surface area contributed by atoms with Crippen LogP contribution in [0.1, 0.15) is 11.7 Å². The van der Waals surface area contributed by atoms with E-state index in [9.17, 15) is 9.90 Å². The molecule has 1 N–H and O–H groups in total. The van der Waals surface area contributed by atoms with Gasteiger partial charge in [-0.1, -0.05) is 30.3 Å². The summed E-state index contributed by atoms with van der Waals surface area (Å²) in [6.45, 7) is 0. The Bertz CT molecular complexity index is 577. The maximum absolute atomic E-state index is 11.7. The molecular formula is C14H14O4. The first kappa shape index (κ1) is 12.4. The third kappa shape index (κ3) is 2.02. The van der Waals surface area contributed by atoms with Gasteiger partial charge in [-0.05, 0) is 16.8 Å². The van der Waals surface area contributed by atoms with Crippen LogP contribution in [-0.2, 0) is 14.3 Å². The van der Waals surface area contributed by atoms with Crippen molar-refractivity contribution in [2.75, 3.05) is 14.2 Å². The molecule has 0 aliphatic heterocycles. The number of rotatable bonds is 3. The number of hydrogen-bond acceptors (Lipinski definition) is 4. The van der Waals surface area contributed by atoms with Crippen molar-refractivity contribution in [3.63, 3.8) is 0 Å². The first-order valence-electron chi connectivity index (χ1n) is 5.50. The summed E-state index contributed by atoms with van der Waals surface area (Å²) in [5.74, 6) is -0.518. The lowest BCUT2D eigenvalue weighted by molar-refractivity contribution is -0.152. The fourth-order valence-corrected chi connectivity index (χ4v) is 2.00. The molecule has 0 fully saturated rings. The van der Waals surface area contributed by atoms with E-state index in [4.69, 9.17) is 4.74 Å². The zero-order valence-corrected chi connectivity index (χ0v) is 10.2. The number of ether oxygens (including phenoxy) is 2. The van der Waals surface area contributed by atoms with E-state index in [1.54, 1.807) is 12.1 Å². The van der Waals surface area contributed by atoms with Crippen molar-refractivity contribution >= 4 is 16.7 Å². The number of phenolic OH excluding ortho intramolecular Hbond substituents is 1. The van der Waals surface area contributed by atoms with Gasteiger partial charge in [0, 0.05) is 12.7 Å². The lowest BCUT2D eigenvalue weighted by Crippen LogP contribution is -2.16. The number of carbonyl (C=O) groups excluding carboxylic acids is 1. The molecule has 2 aromatic carbocycles. The Morgan fingerprint density at radius 2 is 1.89 bits per heavy atom. The summed E-state index contributed by atoms with van der Waals surface area (Å²) in [6, 6.07) is 10.8. The van der Waals surface area contributed by atoms with Crippen LogP contribution >= 0.6 is 0 Å². The Labute approximate surface area is 105 Å². The lowest BCUT2D eigenvalue weighted by atomic mass is 9.99. The molecule has 18 heavy (non-hydrogen) atoms. The van der Waals surface area contributed by atoms with Crippen LogP contribution in [0.4, 0.5) is 0 Å². The highest BCUT2D eigenvalue weighted by molar-refractivity contribution is 5.92. The van der Waals surface area contributed by atoms with Gasteiger partial charge in [-0.3, -0.25) is 0 Å². The standard InChI is InChI=1S/C14H14O4/c1-17-13(14(16)18-2)12-10-6-4-3-5-9(10)7-8-11(12)15/h3-8,13,15H,1-2H3/t13-/m0/s1. The number of phenols is 1. The van der Waals surface area contributed by atoms with Crippen LogP contribution in [0.25, 0.3) is 10.8 Å². The SMILES string of the molecule is COC(=O)[C@@H](OC)c1c(O)ccc2ccccc12. The number of fused-ring (bicyclic) bond motifs is 1. The Morgan fingerprint density at radius 1 is 1.17 bits per heavy atom. The fourth-order valence-electron chi connectivity index (χ4n) is 2.00. The molecule has 0 aliphatic rings. The molecule has 0 amide bonds. The first-order chi connectivity index (χ1) is 8.69. The average molecular weight is 246 g/mol. The van der Waals surface area contributed by atoms with Gasteiger partial charge in [-0.2, -0.15) is 0 Å². The maximum atomic E-state index is 11.7. The summed E-state index contributed by atoms with van der Waals surface area (Å²) in [5.41, 5.74) is 0.433. The van der Waals surface area contributed by atoms with E-state index in [-0.39, 0.29) is 5.75 Å². The summed E-state index contributed by atoms with van der Waals surface area (Å²) in [4.78, 5) is 11.7. The molecule has 0 bridgehead atoms. The first-order valence-corrected chi connectivity index (χ1v) is 5.50. The molecule has 4 heteroatoms. The van der Waals surface area contributed by atoms with Gasteiger partial charge in [0.25, 0.3) is 0 Å². The number of hydrogen-bond donors (Lipinski definition) is 1. The number of methoxy groups -OCH3 is 2. The van der Waals surface area contributed by atoms with Crippen LogP contribution in [0, 0.1) is 0 Å². The Hall–Kier alpha value is -2.07. The van der Waals surface area contributed by atoms with Crippen LogP contribution in [0.15, 0.2) is 36.4 Å². The number of carbonyl (C=O) groups is 1. The smallest absolute Gasteiger partial charge is 0.339 e. The normalized spacial score (nSPS) is 12.3. The van der Waals surface area contributed by atoms with Gasteiger partial charge in [0.15, 0.2) is 6.10 Å². The van der Waals surface area contributed by atoms with E-state index in [0.29, 0.717) is 5.56 Å². The van der Waals surface area contributed by atoms with Gasteiger partial charge in [0.1, 0.15) is 5.75 Å². The van der Waals surface area contributed by atoms with Crippen LogP contribution in [0.3, 0.4) is 0 Å². The second kappa shape index (κ2) is 5.06. The summed E-state index contributed by atoms with van der Waals surface area (Å²) in [6.07, 6.45) is -0.930. The molecule has 94 valence electrons. The monoisotopic (exact) mass is 246 g/mol. The van der Waals surface area contributed by atoms with Gasteiger partial charge in [0.2, 0.25) is 0 Å². The largest absolute Gasteiger partial charge is 0.508 e. The average Bonchev–Trinajstić information content (AvgIpc) is 2.41. The zero-order chi connectivity index (χ0) is 13.1. The molecule has 0 saturated heterocycles. The van der Waals surface area contributed by atoms with Crippen molar-refractivity contribution in [3.05, 3.63) is 42.0 Å². The van der Waals surface area contributed by atoms with E-state index in [0.717, 1.165) is 10.8 Å². The van der Waals surface area contributed by atoms with E-state index >= 15 is 0 Å². The van der Waals surface area contributed by atoms with Gasteiger partial charge >= 0.3 is 5.97 Å². The minimum Gasteiger partial charge on any atom is -0.508 e. The van der Waals surface area contributed by atoms with Crippen molar-refractivity contribution in [2.45, 2.75) is 6.10 Å². The Balaban J connectivity index is 2.67. The van der Waals surface area contributed by atoms with Crippen molar-refractivity contribution in [1.82, 2.24) is 0 Å². The van der Waals surface area contributed by atoms with E-state index in [1.165, 1.54) is 14.2 Å². The van der Waals surface area contributed by atoms with E-state index in [1.807, 2.05) is 24.3 Å². The summed E-state index contributed by atoms with van der Waals surface area (Å²) in [7, 11) is 2.69. The minimum atomic E-state index is -0.930. The molecule has 4 nitrogen and oxygen atoms in total.